The average Bonchev–Trinajstić information content (AvgIpc) is 0.907. The van der Waals surface area contributed by atoms with Crippen molar-refractivity contribution in [2.45, 2.75) is 316 Å². The summed E-state index contributed by atoms with van der Waals surface area (Å²) in [6.07, 6.45) is 96.1. The first-order chi connectivity index (χ1) is 52.7. The van der Waals surface area contributed by atoms with Crippen molar-refractivity contribution in [3.8, 4) is 0 Å². The second-order valence-corrected chi connectivity index (χ2v) is 29.5. The van der Waals surface area contributed by atoms with Crippen LogP contribution in [0.5, 0.6) is 0 Å². The van der Waals surface area contributed by atoms with E-state index in [1.807, 2.05) is 42.5 Å². The SMILES string of the molecule is CCCCC/C=C\C/C=C\C/C=C\C/C=C\C/C=C\CCC(=O)O[C@H](COC(=O)CCCCCCC/C=C\C/C=C\CCCCC)COP(=O)(O)OC[C@H](O)COP(=O)(O)OC[C@@H](COC(=O)CCC/C=C\C/C=C\C/C=C\C/C=C\CCCCC)OC(=O)CCC/C=C\C/C=C\C/C=C\C/C=C\CCCCC. The lowest BCUT2D eigenvalue weighted by Crippen LogP contribution is -2.30. The number of rotatable bonds is 75. The summed E-state index contributed by atoms with van der Waals surface area (Å²) >= 11 is 0. The van der Waals surface area contributed by atoms with Crippen LogP contribution in [-0.4, -0.2) is 96.7 Å². The molecule has 0 saturated heterocycles. The minimum atomic E-state index is -5.02. The summed E-state index contributed by atoms with van der Waals surface area (Å²) in [6, 6.07) is 0. The number of phosphoric acid groups is 2. The highest BCUT2D eigenvalue weighted by Gasteiger charge is 2.30. The van der Waals surface area contributed by atoms with E-state index in [0.29, 0.717) is 44.9 Å². The number of aliphatic hydroxyl groups is 1. The Labute approximate surface area is 654 Å². The molecule has 0 radical (unpaired) electrons. The molecule has 0 aliphatic rings. The predicted molar refractivity (Wildman–Crippen MR) is 445 cm³/mol. The maximum absolute atomic E-state index is 13.1. The smallest absolute Gasteiger partial charge is 0.462 e. The quantitative estimate of drug-likeness (QED) is 0.0169. The standard InChI is InChI=1S/C89H144O17P2/c1-5-9-13-17-21-25-29-33-37-40-41-44-48-52-56-60-64-68-72-76-89(94)106-84(79-99-86(91)73-69-65-61-57-53-49-45-36-32-28-24-20-16-12-8-4)81-103-107(95,96)101-77-83(90)78-102-108(97,98)104-82-85(105-88(93)75-71-67-63-59-55-51-47-43-39-35-31-27-23-19-15-11-7-3)80-100-87(92)74-70-66-62-58-54-50-46-42-38-34-30-26-22-18-14-10-6-2/h21-28,33-39,41,44-47,50-52,56,58-59,62-64,68,83-85,90H,5-20,29-32,40,42-43,48-49,53-55,57,60-61,65-67,69-82H2,1-4H3,(H,95,96)(H,97,98)/b25-21-,26-22-,27-23-,28-24-,37-33-,38-34-,39-35-,44-41-,45-36-,50-46-,51-47-,56-52-,62-58-,63-59-,68-64-/t83-,84+,85+/m0/s1. The van der Waals surface area contributed by atoms with Crippen LogP contribution in [0.2, 0.25) is 0 Å². The van der Waals surface area contributed by atoms with Gasteiger partial charge >= 0.3 is 39.5 Å². The van der Waals surface area contributed by atoms with Gasteiger partial charge in [-0.2, -0.15) is 0 Å². The highest BCUT2D eigenvalue weighted by atomic mass is 31.2. The molecular formula is C89H144O17P2. The van der Waals surface area contributed by atoms with Gasteiger partial charge in [-0.3, -0.25) is 37.3 Å². The molecule has 0 spiro atoms. The van der Waals surface area contributed by atoms with Gasteiger partial charge in [-0.05, 0) is 173 Å². The third-order valence-corrected chi connectivity index (χ3v) is 18.2. The van der Waals surface area contributed by atoms with Gasteiger partial charge in [-0.25, -0.2) is 9.13 Å². The molecule has 0 aliphatic heterocycles. The molecular weight excluding hydrogens is 1400 g/mol. The molecule has 0 amide bonds. The lowest BCUT2D eigenvalue weighted by atomic mass is 10.1. The third kappa shape index (κ3) is 78.3. The van der Waals surface area contributed by atoms with Gasteiger partial charge < -0.3 is 33.8 Å². The van der Waals surface area contributed by atoms with Crippen molar-refractivity contribution >= 4 is 39.5 Å². The van der Waals surface area contributed by atoms with Crippen LogP contribution in [0, 0.1) is 0 Å². The molecule has 17 nitrogen and oxygen atoms in total. The zero-order valence-electron chi connectivity index (χ0n) is 66.9. The van der Waals surface area contributed by atoms with E-state index < -0.39 is 97.5 Å². The molecule has 0 aromatic carbocycles. The monoisotopic (exact) mass is 1550 g/mol. The Morgan fingerprint density at radius 1 is 0.259 bits per heavy atom. The number of aliphatic hydroxyl groups excluding tert-OH is 1. The molecule has 0 heterocycles. The molecule has 108 heavy (non-hydrogen) atoms. The highest BCUT2D eigenvalue weighted by molar-refractivity contribution is 7.47. The van der Waals surface area contributed by atoms with Crippen LogP contribution in [0.3, 0.4) is 0 Å². The Hall–Kier alpha value is -5.84. The van der Waals surface area contributed by atoms with Crippen LogP contribution in [-0.2, 0) is 65.4 Å². The Morgan fingerprint density at radius 2 is 0.481 bits per heavy atom. The topological polar surface area (TPSA) is 237 Å². The minimum absolute atomic E-state index is 0.00160. The van der Waals surface area contributed by atoms with Crippen molar-refractivity contribution in [1.82, 2.24) is 0 Å². The van der Waals surface area contributed by atoms with Gasteiger partial charge in [0.2, 0.25) is 0 Å². The Balaban J connectivity index is 5.57. The Morgan fingerprint density at radius 3 is 0.787 bits per heavy atom. The van der Waals surface area contributed by atoms with Gasteiger partial charge in [0.05, 0.1) is 26.4 Å². The van der Waals surface area contributed by atoms with Crippen molar-refractivity contribution in [1.29, 1.82) is 0 Å². The van der Waals surface area contributed by atoms with Crippen molar-refractivity contribution in [3.05, 3.63) is 182 Å². The van der Waals surface area contributed by atoms with Crippen LogP contribution in [0.15, 0.2) is 182 Å². The molecule has 612 valence electrons. The fourth-order valence-electron chi connectivity index (χ4n) is 10.0. The zero-order chi connectivity index (χ0) is 78.9. The molecule has 0 aliphatic carbocycles. The minimum Gasteiger partial charge on any atom is -0.462 e. The van der Waals surface area contributed by atoms with Crippen LogP contribution in [0.1, 0.15) is 297 Å². The lowest BCUT2D eigenvalue weighted by molar-refractivity contribution is -0.161. The Bertz CT molecular complexity index is 2760. The van der Waals surface area contributed by atoms with Gasteiger partial charge in [0.25, 0.3) is 0 Å². The summed E-state index contributed by atoms with van der Waals surface area (Å²) in [5, 5.41) is 10.7. The largest absolute Gasteiger partial charge is 0.472 e. The summed E-state index contributed by atoms with van der Waals surface area (Å²) in [5.41, 5.74) is 0. The van der Waals surface area contributed by atoms with Gasteiger partial charge in [0, 0.05) is 25.7 Å². The zero-order valence-corrected chi connectivity index (χ0v) is 68.7. The van der Waals surface area contributed by atoms with Gasteiger partial charge in [-0.1, -0.05) is 281 Å². The van der Waals surface area contributed by atoms with E-state index in [-0.39, 0.29) is 25.7 Å². The summed E-state index contributed by atoms with van der Waals surface area (Å²) in [7, 11) is -10.0. The molecule has 0 fully saturated rings. The summed E-state index contributed by atoms with van der Waals surface area (Å²) in [4.78, 5) is 73.0. The van der Waals surface area contributed by atoms with Gasteiger partial charge in [0.1, 0.15) is 19.3 Å². The summed E-state index contributed by atoms with van der Waals surface area (Å²) < 4.78 is 68.5. The molecule has 3 N–H and O–H groups in total. The number of carbonyl (C=O) groups is 4. The molecule has 2 unspecified atom stereocenters. The van der Waals surface area contributed by atoms with E-state index in [4.69, 9.17) is 37.0 Å². The molecule has 0 rings (SSSR count). The first-order valence-corrected chi connectivity index (χ1v) is 44.0. The van der Waals surface area contributed by atoms with E-state index in [2.05, 4.69) is 167 Å². The van der Waals surface area contributed by atoms with Crippen molar-refractivity contribution in [2.75, 3.05) is 39.6 Å². The van der Waals surface area contributed by atoms with Crippen LogP contribution >= 0.6 is 15.6 Å². The van der Waals surface area contributed by atoms with Crippen molar-refractivity contribution in [3.63, 3.8) is 0 Å². The number of allylic oxidation sites excluding steroid dienone is 30. The number of hydrogen-bond acceptors (Lipinski definition) is 15. The lowest BCUT2D eigenvalue weighted by Gasteiger charge is -2.21. The van der Waals surface area contributed by atoms with Crippen molar-refractivity contribution < 1.29 is 80.2 Å². The highest BCUT2D eigenvalue weighted by Crippen LogP contribution is 2.45. The maximum atomic E-state index is 13.1. The summed E-state index contributed by atoms with van der Waals surface area (Å²) in [5.74, 6) is -2.44. The second-order valence-electron chi connectivity index (χ2n) is 26.6. The molecule has 5 atom stereocenters. The van der Waals surface area contributed by atoms with E-state index in [0.717, 1.165) is 122 Å². The van der Waals surface area contributed by atoms with E-state index in [9.17, 15) is 43.2 Å². The number of esters is 4. The molecule has 0 saturated carbocycles. The van der Waals surface area contributed by atoms with Gasteiger partial charge in [-0.15, -0.1) is 0 Å². The van der Waals surface area contributed by atoms with Gasteiger partial charge in [0.15, 0.2) is 12.2 Å². The average molecular weight is 1550 g/mol. The third-order valence-electron chi connectivity index (χ3n) is 16.3. The first kappa shape index (κ1) is 102. The number of hydrogen-bond donors (Lipinski definition) is 3. The van der Waals surface area contributed by atoms with Crippen LogP contribution < -0.4 is 0 Å². The van der Waals surface area contributed by atoms with E-state index in [1.165, 1.54) is 77.0 Å². The first-order valence-electron chi connectivity index (χ1n) is 41.0. The fourth-order valence-corrected chi connectivity index (χ4v) is 11.6. The predicted octanol–water partition coefficient (Wildman–Crippen LogP) is 24.3. The Kier molecular flexibility index (Phi) is 75.0. The number of unbranched alkanes of at least 4 members (excludes halogenated alkanes) is 19. The van der Waals surface area contributed by atoms with Crippen molar-refractivity contribution in [2.24, 2.45) is 0 Å². The van der Waals surface area contributed by atoms with E-state index in [1.54, 1.807) is 0 Å². The summed E-state index contributed by atoms with van der Waals surface area (Å²) in [6.45, 7) is 4.52. The van der Waals surface area contributed by atoms with Crippen LogP contribution in [0.4, 0.5) is 0 Å². The number of phosphoric ester groups is 2. The number of ether oxygens (including phenoxy) is 4. The van der Waals surface area contributed by atoms with Crippen LogP contribution in [0.25, 0.3) is 0 Å². The molecule has 0 aromatic rings. The number of carbonyl (C=O) groups excluding carboxylic acids is 4. The normalized spacial score (nSPS) is 14.8. The second kappa shape index (κ2) is 79.3. The van der Waals surface area contributed by atoms with E-state index >= 15 is 0 Å². The fraction of sp³-hybridized carbons (Fsp3) is 0.618. The molecule has 0 aromatic heterocycles. The maximum Gasteiger partial charge on any atom is 0.472 e. The molecule has 19 heteroatoms. The molecule has 0 bridgehead atoms.